The molecule has 1 aromatic heterocycles. The highest BCUT2D eigenvalue weighted by atomic mass is 32.2. The maximum absolute atomic E-state index is 11.1. The number of nitrogens with zero attached hydrogens (tertiary/aromatic N) is 2. The summed E-state index contributed by atoms with van der Waals surface area (Å²) < 4.78 is 24.9. The van der Waals surface area contributed by atoms with Crippen LogP contribution in [0.4, 0.5) is 0 Å². The number of sulfonamides is 1. The molecule has 0 radical (unpaired) electrons. The van der Waals surface area contributed by atoms with E-state index in [1.807, 2.05) is 12.1 Å². The molecule has 6 heteroatoms. The Morgan fingerprint density at radius 2 is 2.17 bits per heavy atom. The van der Waals surface area contributed by atoms with Gasteiger partial charge in [-0.1, -0.05) is 0 Å². The molecule has 0 amide bonds. The quantitative estimate of drug-likeness (QED) is 0.832. The van der Waals surface area contributed by atoms with Crippen LogP contribution < -0.4 is 4.72 Å². The van der Waals surface area contributed by atoms with Gasteiger partial charge < -0.3 is 4.90 Å². The molecule has 1 atom stereocenters. The molecule has 2 heterocycles. The lowest BCUT2D eigenvalue weighted by Gasteiger charge is -2.16. The minimum absolute atomic E-state index is 0.0671. The Bertz CT molecular complexity index is 475. The molecule has 1 N–H and O–H groups in total. The predicted molar refractivity (Wildman–Crippen MR) is 70.8 cm³/mol. The van der Waals surface area contributed by atoms with Crippen molar-refractivity contribution in [3.8, 4) is 0 Å². The summed E-state index contributed by atoms with van der Waals surface area (Å²) in [6.07, 6.45) is 6.69. The van der Waals surface area contributed by atoms with Crippen LogP contribution in [0.2, 0.25) is 0 Å². The molecule has 18 heavy (non-hydrogen) atoms. The van der Waals surface area contributed by atoms with E-state index in [2.05, 4.69) is 14.6 Å². The topological polar surface area (TPSA) is 62.3 Å². The van der Waals surface area contributed by atoms with E-state index >= 15 is 0 Å². The van der Waals surface area contributed by atoms with Gasteiger partial charge in [0.15, 0.2) is 0 Å². The number of hydrogen-bond donors (Lipinski definition) is 1. The van der Waals surface area contributed by atoms with E-state index in [4.69, 9.17) is 0 Å². The van der Waals surface area contributed by atoms with E-state index in [1.165, 1.54) is 11.8 Å². The zero-order valence-electron chi connectivity index (χ0n) is 10.5. The molecule has 0 saturated carbocycles. The molecule has 5 nitrogen and oxygen atoms in total. The first-order valence-electron chi connectivity index (χ1n) is 6.11. The molecule has 0 aliphatic carbocycles. The summed E-state index contributed by atoms with van der Waals surface area (Å²) in [7, 11) is -3.08. The van der Waals surface area contributed by atoms with Gasteiger partial charge >= 0.3 is 0 Å². The van der Waals surface area contributed by atoms with Crippen LogP contribution >= 0.6 is 0 Å². The zero-order valence-corrected chi connectivity index (χ0v) is 11.4. The maximum atomic E-state index is 11.1. The van der Waals surface area contributed by atoms with Gasteiger partial charge in [0.05, 0.1) is 6.26 Å². The smallest absolute Gasteiger partial charge is 0.208 e. The fraction of sp³-hybridized carbons (Fsp3) is 0.583. The van der Waals surface area contributed by atoms with E-state index < -0.39 is 10.0 Å². The van der Waals surface area contributed by atoms with Crippen LogP contribution in [0.25, 0.3) is 0 Å². The van der Waals surface area contributed by atoms with Gasteiger partial charge in [-0.05, 0) is 37.1 Å². The van der Waals surface area contributed by atoms with Crippen LogP contribution in [0.1, 0.15) is 12.0 Å². The standard InChI is InChI=1S/C12H19N3O2S/c1-18(16,17)14-12-5-9-15(10-12)8-4-11-2-6-13-7-3-11/h2-3,6-7,12,14H,4-5,8-10H2,1H3/t12-/m0/s1. The molecule has 1 aromatic rings. The summed E-state index contributed by atoms with van der Waals surface area (Å²) in [5.74, 6) is 0. The van der Waals surface area contributed by atoms with Gasteiger partial charge in [0, 0.05) is 31.5 Å². The van der Waals surface area contributed by atoms with Gasteiger partial charge in [-0.25, -0.2) is 13.1 Å². The fourth-order valence-corrected chi connectivity index (χ4v) is 3.07. The number of rotatable bonds is 5. The molecule has 0 unspecified atom stereocenters. The maximum Gasteiger partial charge on any atom is 0.208 e. The molecule has 2 rings (SSSR count). The average Bonchev–Trinajstić information content (AvgIpc) is 2.73. The second-order valence-electron chi connectivity index (χ2n) is 4.78. The van der Waals surface area contributed by atoms with Crippen LogP contribution in [0.5, 0.6) is 0 Å². The Morgan fingerprint density at radius 3 is 2.83 bits per heavy atom. The molecule has 0 aromatic carbocycles. The third kappa shape index (κ3) is 4.36. The van der Waals surface area contributed by atoms with Crippen LogP contribution in [-0.2, 0) is 16.4 Å². The van der Waals surface area contributed by atoms with Crippen molar-refractivity contribution in [2.24, 2.45) is 0 Å². The molecule has 1 aliphatic heterocycles. The van der Waals surface area contributed by atoms with Crippen molar-refractivity contribution in [3.05, 3.63) is 30.1 Å². The summed E-state index contributed by atoms with van der Waals surface area (Å²) in [4.78, 5) is 6.28. The van der Waals surface area contributed by atoms with Gasteiger partial charge in [0.2, 0.25) is 10.0 Å². The first-order valence-corrected chi connectivity index (χ1v) is 8.00. The number of pyridine rings is 1. The van der Waals surface area contributed by atoms with Crippen LogP contribution in [0, 0.1) is 0 Å². The summed E-state index contributed by atoms with van der Waals surface area (Å²) in [5.41, 5.74) is 1.27. The second-order valence-corrected chi connectivity index (χ2v) is 6.56. The third-order valence-corrected chi connectivity index (χ3v) is 3.88. The number of likely N-dealkylation sites (tertiary alicyclic amines) is 1. The van der Waals surface area contributed by atoms with Gasteiger partial charge in [0.1, 0.15) is 0 Å². The molecule has 100 valence electrons. The highest BCUT2D eigenvalue weighted by molar-refractivity contribution is 7.88. The third-order valence-electron chi connectivity index (χ3n) is 3.12. The largest absolute Gasteiger partial charge is 0.301 e. The molecular formula is C12H19N3O2S. The lowest BCUT2D eigenvalue weighted by molar-refractivity contribution is 0.336. The molecule has 0 spiro atoms. The lowest BCUT2D eigenvalue weighted by Crippen LogP contribution is -2.36. The van der Waals surface area contributed by atoms with E-state index in [-0.39, 0.29) is 6.04 Å². The summed E-state index contributed by atoms with van der Waals surface area (Å²) in [5, 5.41) is 0. The van der Waals surface area contributed by atoms with Crippen molar-refractivity contribution < 1.29 is 8.42 Å². The van der Waals surface area contributed by atoms with Crippen LogP contribution in [0.3, 0.4) is 0 Å². The van der Waals surface area contributed by atoms with Crippen LogP contribution in [-0.4, -0.2) is 50.2 Å². The van der Waals surface area contributed by atoms with Crippen molar-refractivity contribution in [1.82, 2.24) is 14.6 Å². The van der Waals surface area contributed by atoms with Gasteiger partial charge in [-0.15, -0.1) is 0 Å². The second kappa shape index (κ2) is 5.77. The Balaban J connectivity index is 1.76. The molecular weight excluding hydrogens is 250 g/mol. The lowest BCUT2D eigenvalue weighted by atomic mass is 10.2. The highest BCUT2D eigenvalue weighted by Crippen LogP contribution is 2.11. The predicted octanol–water partition coefficient (Wildman–Crippen LogP) is 0.248. The monoisotopic (exact) mass is 269 g/mol. The van der Waals surface area contributed by atoms with Gasteiger partial charge in [-0.2, -0.15) is 0 Å². The van der Waals surface area contributed by atoms with Crippen molar-refractivity contribution in [2.75, 3.05) is 25.9 Å². The van der Waals surface area contributed by atoms with E-state index in [0.29, 0.717) is 0 Å². The van der Waals surface area contributed by atoms with Crippen molar-refractivity contribution in [3.63, 3.8) is 0 Å². The summed E-state index contributed by atoms with van der Waals surface area (Å²) >= 11 is 0. The molecule has 1 aliphatic rings. The van der Waals surface area contributed by atoms with Crippen molar-refractivity contribution >= 4 is 10.0 Å². The highest BCUT2D eigenvalue weighted by Gasteiger charge is 2.24. The minimum Gasteiger partial charge on any atom is -0.301 e. The number of hydrogen-bond acceptors (Lipinski definition) is 4. The van der Waals surface area contributed by atoms with E-state index in [1.54, 1.807) is 12.4 Å². The molecule has 0 bridgehead atoms. The normalized spacial score (nSPS) is 21.3. The van der Waals surface area contributed by atoms with Gasteiger partial charge in [0.25, 0.3) is 0 Å². The number of nitrogens with one attached hydrogen (secondary N) is 1. The fourth-order valence-electron chi connectivity index (χ4n) is 2.27. The van der Waals surface area contributed by atoms with Crippen molar-refractivity contribution in [1.29, 1.82) is 0 Å². The molecule has 1 fully saturated rings. The summed E-state index contributed by atoms with van der Waals surface area (Å²) in [6.45, 7) is 2.72. The van der Waals surface area contributed by atoms with Crippen LogP contribution in [0.15, 0.2) is 24.5 Å². The zero-order chi connectivity index (χ0) is 13.0. The SMILES string of the molecule is CS(=O)(=O)N[C@H]1CCN(CCc2ccncc2)C1. The van der Waals surface area contributed by atoms with E-state index in [0.717, 1.165) is 32.5 Å². The average molecular weight is 269 g/mol. The molecule has 1 saturated heterocycles. The Labute approximate surface area is 108 Å². The Morgan fingerprint density at radius 1 is 1.44 bits per heavy atom. The van der Waals surface area contributed by atoms with E-state index in [9.17, 15) is 8.42 Å². The minimum atomic E-state index is -3.08. The first-order chi connectivity index (χ1) is 8.53. The Kier molecular flexibility index (Phi) is 4.31. The number of aromatic nitrogens is 1. The van der Waals surface area contributed by atoms with Gasteiger partial charge in [-0.3, -0.25) is 4.98 Å². The van der Waals surface area contributed by atoms with Crippen molar-refractivity contribution in [2.45, 2.75) is 18.9 Å². The Hall–Kier alpha value is -0.980. The summed E-state index contributed by atoms with van der Waals surface area (Å²) in [6, 6.07) is 4.10. The first kappa shape index (κ1) is 13.5.